The summed E-state index contributed by atoms with van der Waals surface area (Å²) in [6.07, 6.45) is 1.67. The number of hydrogen-bond donors (Lipinski definition) is 0. The first kappa shape index (κ1) is 15.5. The third kappa shape index (κ3) is 3.68. The lowest BCUT2D eigenvalue weighted by atomic mass is 10.0. The van der Waals surface area contributed by atoms with Crippen molar-refractivity contribution in [3.8, 4) is 5.69 Å². The second-order valence-electron chi connectivity index (χ2n) is 5.34. The number of benzene rings is 2. The normalized spacial score (nSPS) is 10.7. The molecule has 0 aliphatic carbocycles. The van der Waals surface area contributed by atoms with Crippen molar-refractivity contribution in [3.05, 3.63) is 71.5 Å². The van der Waals surface area contributed by atoms with Crippen LogP contribution in [0, 0.1) is 13.8 Å². The van der Waals surface area contributed by atoms with Crippen molar-refractivity contribution in [2.45, 2.75) is 19.0 Å². The molecule has 0 aliphatic heterocycles. The van der Waals surface area contributed by atoms with Gasteiger partial charge < -0.3 is 0 Å². The Morgan fingerprint density at radius 2 is 1.91 bits per heavy atom. The maximum absolute atomic E-state index is 12.3. The van der Waals surface area contributed by atoms with Crippen LogP contribution in [0.5, 0.6) is 0 Å². The van der Waals surface area contributed by atoms with Crippen LogP contribution in [0.2, 0.25) is 0 Å². The monoisotopic (exact) mass is 323 g/mol. The quantitative estimate of drug-likeness (QED) is 0.528. The maximum atomic E-state index is 12.3. The Hall–Kier alpha value is -2.40. The number of rotatable bonds is 5. The van der Waals surface area contributed by atoms with Gasteiger partial charge in [-0.25, -0.2) is 9.67 Å². The summed E-state index contributed by atoms with van der Waals surface area (Å²) in [6.45, 7) is 3.99. The fraction of sp³-hybridized carbons (Fsp3) is 0.167. The molecule has 0 aliphatic rings. The van der Waals surface area contributed by atoms with Gasteiger partial charge in [0.1, 0.15) is 6.33 Å². The van der Waals surface area contributed by atoms with E-state index in [1.807, 2.05) is 62.4 Å². The van der Waals surface area contributed by atoms with E-state index < -0.39 is 0 Å². The first-order chi connectivity index (χ1) is 11.1. The molecule has 4 nitrogen and oxygen atoms in total. The van der Waals surface area contributed by atoms with E-state index in [1.165, 1.54) is 11.8 Å². The fourth-order valence-electron chi connectivity index (χ4n) is 2.35. The van der Waals surface area contributed by atoms with Gasteiger partial charge in [-0.2, -0.15) is 0 Å². The van der Waals surface area contributed by atoms with Crippen LogP contribution in [0.4, 0.5) is 0 Å². The second-order valence-corrected chi connectivity index (χ2v) is 6.28. The average Bonchev–Trinajstić information content (AvgIpc) is 3.02. The number of para-hydroxylation sites is 1. The Labute approximate surface area is 139 Å². The van der Waals surface area contributed by atoms with Crippen molar-refractivity contribution in [1.82, 2.24) is 14.8 Å². The molecule has 1 heterocycles. The highest BCUT2D eigenvalue weighted by atomic mass is 32.2. The summed E-state index contributed by atoms with van der Waals surface area (Å²) in [4.78, 5) is 16.6. The van der Waals surface area contributed by atoms with Crippen molar-refractivity contribution in [3.63, 3.8) is 0 Å². The fourth-order valence-corrected chi connectivity index (χ4v) is 3.04. The predicted molar refractivity (Wildman–Crippen MR) is 92.3 cm³/mol. The van der Waals surface area contributed by atoms with Crippen LogP contribution in [0.1, 0.15) is 21.5 Å². The third-order valence-corrected chi connectivity index (χ3v) is 4.36. The molecule has 0 amide bonds. The molecule has 0 atom stereocenters. The molecule has 116 valence electrons. The Morgan fingerprint density at radius 1 is 1.13 bits per heavy atom. The molecule has 0 saturated heterocycles. The zero-order valence-electron chi connectivity index (χ0n) is 13.1. The van der Waals surface area contributed by atoms with Crippen LogP contribution < -0.4 is 0 Å². The highest BCUT2D eigenvalue weighted by Crippen LogP contribution is 2.18. The highest BCUT2D eigenvalue weighted by molar-refractivity contribution is 7.99. The molecule has 0 spiro atoms. The Kier molecular flexibility index (Phi) is 4.57. The second kappa shape index (κ2) is 6.79. The molecule has 0 saturated carbocycles. The predicted octanol–water partition coefficient (Wildman–Crippen LogP) is 3.86. The first-order valence-electron chi connectivity index (χ1n) is 7.34. The summed E-state index contributed by atoms with van der Waals surface area (Å²) < 4.78 is 1.71. The van der Waals surface area contributed by atoms with E-state index in [0.717, 1.165) is 22.4 Å². The molecular weight excluding hydrogens is 306 g/mol. The van der Waals surface area contributed by atoms with Gasteiger partial charge in [0.05, 0.1) is 11.4 Å². The van der Waals surface area contributed by atoms with Gasteiger partial charge in [-0.1, -0.05) is 53.7 Å². The minimum atomic E-state index is 0.101. The van der Waals surface area contributed by atoms with Gasteiger partial charge >= 0.3 is 0 Å². The smallest absolute Gasteiger partial charge is 0.209 e. The topological polar surface area (TPSA) is 47.8 Å². The molecule has 0 N–H and O–H groups in total. The van der Waals surface area contributed by atoms with Crippen LogP contribution in [-0.4, -0.2) is 26.3 Å². The van der Waals surface area contributed by atoms with E-state index in [2.05, 4.69) is 10.1 Å². The third-order valence-electron chi connectivity index (χ3n) is 3.51. The number of carbonyl (C=O) groups is 1. The molecule has 0 radical (unpaired) electrons. The van der Waals surface area contributed by atoms with Crippen molar-refractivity contribution in [1.29, 1.82) is 0 Å². The molecule has 1 aromatic heterocycles. The van der Waals surface area contributed by atoms with Crippen molar-refractivity contribution >= 4 is 17.5 Å². The van der Waals surface area contributed by atoms with Crippen molar-refractivity contribution in [2.75, 3.05) is 5.75 Å². The van der Waals surface area contributed by atoms with Gasteiger partial charge in [-0.05, 0) is 31.5 Å². The summed E-state index contributed by atoms with van der Waals surface area (Å²) in [6, 6.07) is 15.7. The lowest BCUT2D eigenvalue weighted by Gasteiger charge is -2.05. The maximum Gasteiger partial charge on any atom is 0.209 e. The zero-order valence-corrected chi connectivity index (χ0v) is 13.9. The van der Waals surface area contributed by atoms with Gasteiger partial charge in [0.2, 0.25) is 5.16 Å². The highest BCUT2D eigenvalue weighted by Gasteiger charge is 2.11. The molecule has 3 rings (SSSR count). The molecule has 0 unspecified atom stereocenters. The lowest BCUT2D eigenvalue weighted by molar-refractivity contribution is 0.102. The van der Waals surface area contributed by atoms with Crippen molar-refractivity contribution < 1.29 is 4.79 Å². The summed E-state index contributed by atoms with van der Waals surface area (Å²) >= 11 is 1.36. The zero-order chi connectivity index (χ0) is 16.2. The van der Waals surface area contributed by atoms with Gasteiger partial charge in [0.25, 0.3) is 0 Å². The van der Waals surface area contributed by atoms with Gasteiger partial charge in [0, 0.05) is 5.56 Å². The number of Topliss-reactive ketones (excluding diaryl/α,β-unsaturated/α-hetero) is 1. The lowest BCUT2D eigenvalue weighted by Crippen LogP contribution is -2.05. The summed E-state index contributed by atoms with van der Waals surface area (Å²) in [5, 5.41) is 5.00. The van der Waals surface area contributed by atoms with E-state index in [-0.39, 0.29) is 5.78 Å². The van der Waals surface area contributed by atoms with E-state index in [0.29, 0.717) is 10.9 Å². The van der Waals surface area contributed by atoms with E-state index in [9.17, 15) is 4.79 Å². The molecule has 2 aromatic carbocycles. The summed E-state index contributed by atoms with van der Waals surface area (Å²) in [7, 11) is 0. The molecule has 3 aromatic rings. The number of nitrogens with zero attached hydrogens (tertiary/aromatic N) is 3. The van der Waals surface area contributed by atoms with Crippen LogP contribution in [0.3, 0.4) is 0 Å². The van der Waals surface area contributed by atoms with Gasteiger partial charge in [-0.15, -0.1) is 5.10 Å². The van der Waals surface area contributed by atoms with Crippen LogP contribution in [-0.2, 0) is 0 Å². The standard InChI is InChI=1S/C18H17N3OS/c1-13-8-9-16(14(2)10-13)17(22)11-23-18-19-12-21(20-18)15-6-4-3-5-7-15/h3-10,12H,11H2,1-2H3. The van der Waals surface area contributed by atoms with Crippen LogP contribution >= 0.6 is 11.8 Å². The van der Waals surface area contributed by atoms with E-state index in [4.69, 9.17) is 0 Å². The number of hydrogen-bond acceptors (Lipinski definition) is 4. The Bertz CT molecular complexity index is 827. The molecular formula is C18H17N3OS. The van der Waals surface area contributed by atoms with Crippen LogP contribution in [0.25, 0.3) is 5.69 Å². The molecule has 0 fully saturated rings. The first-order valence-corrected chi connectivity index (χ1v) is 8.32. The Balaban J connectivity index is 1.67. The number of thioether (sulfide) groups is 1. The number of aromatic nitrogens is 3. The average molecular weight is 323 g/mol. The van der Waals surface area contributed by atoms with Gasteiger partial charge in [-0.3, -0.25) is 4.79 Å². The van der Waals surface area contributed by atoms with Crippen LogP contribution in [0.15, 0.2) is 60.0 Å². The molecule has 0 bridgehead atoms. The van der Waals surface area contributed by atoms with E-state index >= 15 is 0 Å². The number of aryl methyl sites for hydroxylation is 2. The molecule has 23 heavy (non-hydrogen) atoms. The summed E-state index contributed by atoms with van der Waals surface area (Å²) in [5.41, 5.74) is 3.89. The van der Waals surface area contributed by atoms with Gasteiger partial charge in [0.15, 0.2) is 5.78 Å². The van der Waals surface area contributed by atoms with E-state index in [1.54, 1.807) is 11.0 Å². The minimum Gasteiger partial charge on any atom is -0.293 e. The van der Waals surface area contributed by atoms with Crippen molar-refractivity contribution in [2.24, 2.45) is 0 Å². The Morgan fingerprint density at radius 3 is 2.65 bits per heavy atom. The molecule has 5 heteroatoms. The summed E-state index contributed by atoms with van der Waals surface area (Å²) in [5.74, 6) is 0.437. The largest absolute Gasteiger partial charge is 0.293 e. The minimum absolute atomic E-state index is 0.101. The SMILES string of the molecule is Cc1ccc(C(=O)CSc2ncn(-c3ccccc3)n2)c(C)c1. The number of ketones is 1. The number of carbonyl (C=O) groups excluding carboxylic acids is 1.